The number of hydrogen-bond donors (Lipinski definition) is 0. The summed E-state index contributed by atoms with van der Waals surface area (Å²) in [6.07, 6.45) is 0. The third kappa shape index (κ3) is 6.02. The Morgan fingerprint density at radius 1 is 1.10 bits per heavy atom. The first-order valence-electron chi connectivity index (χ1n) is 2.01. The van der Waals surface area contributed by atoms with Crippen LogP contribution in [-0.4, -0.2) is 0 Å². The molecule has 0 N–H and O–H groups in total. The Balaban J connectivity index is -0.000000163. The second-order valence-electron chi connectivity index (χ2n) is 1.22. The van der Waals surface area contributed by atoms with E-state index in [0.717, 1.165) is 0 Å². The Labute approximate surface area is 76.3 Å². The third-order valence-corrected chi connectivity index (χ3v) is 0.678. The molecule has 0 aliphatic heterocycles. The first-order chi connectivity index (χ1) is 3.39. The maximum absolute atomic E-state index is 11.9. The molecule has 0 aliphatic rings. The monoisotopic (exact) mass is 225 g/mol. The molecule has 4 heteroatoms. The Morgan fingerprint density at radius 2 is 1.50 bits per heavy atom. The summed E-state index contributed by atoms with van der Waals surface area (Å²) in [5.41, 5.74) is 0. The molecule has 0 saturated carbocycles. The standard InChI is InChI=1S/C6H4F.2FH.Zr/c7-6-4-2-1-3-5-6;;;/h2-5H;2*1H;/q-1;;;. The summed E-state index contributed by atoms with van der Waals surface area (Å²) in [6, 6.07) is 8.49. The molecule has 1 aromatic rings. The van der Waals surface area contributed by atoms with E-state index in [2.05, 4.69) is 6.07 Å². The summed E-state index contributed by atoms with van der Waals surface area (Å²) in [5, 5.41) is 0. The van der Waals surface area contributed by atoms with Crippen molar-refractivity contribution in [2.24, 2.45) is 0 Å². The van der Waals surface area contributed by atoms with E-state index in [0.29, 0.717) is 0 Å². The molecule has 0 radical (unpaired) electrons. The van der Waals surface area contributed by atoms with Crippen molar-refractivity contribution < 1.29 is 40.0 Å². The minimum absolute atomic E-state index is 0. The van der Waals surface area contributed by atoms with Crippen LogP contribution in [0.25, 0.3) is 0 Å². The molecule has 0 saturated heterocycles. The molecule has 0 fully saturated rings. The van der Waals surface area contributed by atoms with Gasteiger partial charge in [-0.15, -0.1) is 12.1 Å². The first-order valence-corrected chi connectivity index (χ1v) is 2.01. The van der Waals surface area contributed by atoms with Crippen LogP contribution in [0.2, 0.25) is 0 Å². The van der Waals surface area contributed by atoms with Crippen LogP contribution in [0.15, 0.2) is 24.3 Å². The van der Waals surface area contributed by atoms with Crippen LogP contribution in [0.5, 0.6) is 0 Å². The van der Waals surface area contributed by atoms with Crippen molar-refractivity contribution in [3.63, 3.8) is 0 Å². The van der Waals surface area contributed by atoms with Crippen molar-refractivity contribution in [2.45, 2.75) is 0 Å². The maximum Gasteiger partial charge on any atom is 0.0151 e. The van der Waals surface area contributed by atoms with E-state index in [1.54, 1.807) is 0 Å². The largest absolute Gasteiger partial charge is 0.269 e. The smallest absolute Gasteiger partial charge is 0.0151 e. The predicted molar refractivity (Wildman–Crippen MR) is 30.2 cm³/mol. The molecule has 0 aromatic heterocycles. The van der Waals surface area contributed by atoms with Gasteiger partial charge in [-0.1, -0.05) is 0 Å². The van der Waals surface area contributed by atoms with Gasteiger partial charge in [-0.05, 0) is 0 Å². The average molecular weight is 226 g/mol. The molecule has 0 unspecified atom stereocenters. The molecule has 56 valence electrons. The van der Waals surface area contributed by atoms with Crippen molar-refractivity contribution >= 4 is 0 Å². The van der Waals surface area contributed by atoms with Crippen LogP contribution < -0.4 is 0 Å². The topological polar surface area (TPSA) is 0 Å². The zero-order chi connectivity index (χ0) is 5.11. The molecule has 10 heavy (non-hydrogen) atoms. The number of halogens is 3. The average Bonchev–Trinajstić information content (AvgIpc) is 1.69. The van der Waals surface area contributed by atoms with Crippen molar-refractivity contribution in [3.05, 3.63) is 36.1 Å². The van der Waals surface area contributed by atoms with Gasteiger partial charge in [-0.25, -0.2) is 4.39 Å². The van der Waals surface area contributed by atoms with Crippen LogP contribution in [0, 0.1) is 11.9 Å². The zero-order valence-corrected chi connectivity index (χ0v) is 7.46. The van der Waals surface area contributed by atoms with E-state index in [-0.39, 0.29) is 41.4 Å². The van der Waals surface area contributed by atoms with E-state index in [1.165, 1.54) is 24.3 Å². The Bertz CT molecular complexity index is 143. The normalized spacial score (nSPS) is 6.10. The summed E-state index contributed by atoms with van der Waals surface area (Å²) in [7, 11) is 0. The fraction of sp³-hybridized carbons (Fsp3) is 0. The van der Waals surface area contributed by atoms with Crippen molar-refractivity contribution in [1.82, 2.24) is 0 Å². The number of hydrogen-bond acceptors (Lipinski definition) is 0. The molecule has 0 aliphatic carbocycles. The Morgan fingerprint density at radius 3 is 1.70 bits per heavy atom. The van der Waals surface area contributed by atoms with Gasteiger partial charge < -0.3 is 0 Å². The van der Waals surface area contributed by atoms with Crippen LogP contribution in [0.4, 0.5) is 13.8 Å². The van der Waals surface area contributed by atoms with E-state index < -0.39 is 0 Å². The van der Waals surface area contributed by atoms with Gasteiger partial charge >= 0.3 is 0 Å². The fourth-order valence-electron chi connectivity index (χ4n) is 0.367. The second kappa shape index (κ2) is 8.89. The summed E-state index contributed by atoms with van der Waals surface area (Å²) in [5.74, 6) is -0.209. The van der Waals surface area contributed by atoms with Crippen LogP contribution in [0.1, 0.15) is 0 Å². The summed E-state index contributed by atoms with van der Waals surface area (Å²) >= 11 is 0. The SMILES string of the molecule is F.F.Fc1cc[c-]cc1.[Zr]. The summed E-state index contributed by atoms with van der Waals surface area (Å²) < 4.78 is 11.9. The quantitative estimate of drug-likeness (QED) is 0.593. The van der Waals surface area contributed by atoms with Crippen LogP contribution >= 0.6 is 0 Å². The molecule has 0 atom stereocenters. The predicted octanol–water partition coefficient (Wildman–Crippen LogP) is 1.93. The second-order valence-corrected chi connectivity index (χ2v) is 1.22. The molecule has 0 heterocycles. The Kier molecular flexibility index (Phi) is 14.6. The van der Waals surface area contributed by atoms with Gasteiger partial charge in [-0.2, -0.15) is 18.2 Å². The van der Waals surface area contributed by atoms with E-state index >= 15 is 0 Å². The van der Waals surface area contributed by atoms with Crippen molar-refractivity contribution in [3.8, 4) is 0 Å². The summed E-state index contributed by atoms with van der Waals surface area (Å²) in [6.45, 7) is 0. The maximum atomic E-state index is 11.9. The van der Waals surface area contributed by atoms with E-state index in [1.807, 2.05) is 0 Å². The molecule has 1 rings (SSSR count). The molecule has 1 aromatic carbocycles. The molecule has 0 bridgehead atoms. The molecule has 0 spiro atoms. The van der Waals surface area contributed by atoms with Gasteiger partial charge in [0.1, 0.15) is 0 Å². The summed E-state index contributed by atoms with van der Waals surface area (Å²) in [4.78, 5) is 0. The molecular weight excluding hydrogens is 220 g/mol. The van der Waals surface area contributed by atoms with Gasteiger partial charge in [0, 0.05) is 32.0 Å². The van der Waals surface area contributed by atoms with E-state index in [4.69, 9.17) is 0 Å². The van der Waals surface area contributed by atoms with Gasteiger partial charge in [0.05, 0.1) is 0 Å². The number of benzene rings is 1. The first kappa shape index (κ1) is 16.5. The molecular formula is C6H6F3Zr-. The minimum Gasteiger partial charge on any atom is -0.269 e. The van der Waals surface area contributed by atoms with Gasteiger partial charge in [0.2, 0.25) is 0 Å². The molecule has 0 amide bonds. The van der Waals surface area contributed by atoms with Crippen molar-refractivity contribution in [2.75, 3.05) is 0 Å². The third-order valence-electron chi connectivity index (χ3n) is 0.678. The van der Waals surface area contributed by atoms with Gasteiger partial charge in [-0.3, -0.25) is 9.41 Å². The van der Waals surface area contributed by atoms with Crippen LogP contribution in [-0.2, 0) is 26.2 Å². The van der Waals surface area contributed by atoms with Crippen molar-refractivity contribution in [1.29, 1.82) is 0 Å². The number of rotatable bonds is 0. The van der Waals surface area contributed by atoms with Gasteiger partial charge in [0.15, 0.2) is 0 Å². The Hall–Kier alpha value is -0.107. The van der Waals surface area contributed by atoms with Gasteiger partial charge in [0.25, 0.3) is 0 Å². The zero-order valence-electron chi connectivity index (χ0n) is 5.00. The fourth-order valence-corrected chi connectivity index (χ4v) is 0.367. The minimum atomic E-state index is -0.209. The van der Waals surface area contributed by atoms with Crippen LogP contribution in [0.3, 0.4) is 0 Å². The molecule has 0 nitrogen and oxygen atoms in total. The van der Waals surface area contributed by atoms with E-state index in [9.17, 15) is 4.39 Å².